The Morgan fingerprint density at radius 3 is 2.88 bits per heavy atom. The number of aromatic nitrogens is 6. The number of nitrogens with one attached hydrogen (secondary N) is 1. The Balaban J connectivity index is 1.45. The van der Waals surface area contributed by atoms with Crippen molar-refractivity contribution in [3.63, 3.8) is 0 Å². The van der Waals surface area contributed by atoms with Gasteiger partial charge in [-0.15, -0.1) is 5.10 Å². The summed E-state index contributed by atoms with van der Waals surface area (Å²) in [5.74, 6) is 0.632. The van der Waals surface area contributed by atoms with Crippen molar-refractivity contribution in [3.8, 4) is 11.3 Å². The number of nitrogens with zero attached hydrogens (tertiary/aromatic N) is 6. The summed E-state index contributed by atoms with van der Waals surface area (Å²) in [4.78, 5) is 8.68. The molecule has 1 fully saturated rings. The average Bonchev–Trinajstić information content (AvgIpc) is 3.23. The van der Waals surface area contributed by atoms with Crippen molar-refractivity contribution >= 4 is 17.1 Å². The van der Waals surface area contributed by atoms with Crippen molar-refractivity contribution in [3.05, 3.63) is 43.0 Å². The van der Waals surface area contributed by atoms with Gasteiger partial charge in [0.1, 0.15) is 0 Å². The van der Waals surface area contributed by atoms with Crippen LogP contribution in [0.2, 0.25) is 0 Å². The summed E-state index contributed by atoms with van der Waals surface area (Å²) in [7, 11) is 1.75. The van der Waals surface area contributed by atoms with Crippen LogP contribution in [0.5, 0.6) is 0 Å². The SMILES string of the molecule is COC1CC(Nc2ncc3c(-c4ccc5nccn5n4)ccn3n2)C1. The van der Waals surface area contributed by atoms with Crippen LogP contribution in [0.25, 0.3) is 22.4 Å². The Kier molecular flexibility index (Phi) is 3.17. The summed E-state index contributed by atoms with van der Waals surface area (Å²) in [5.41, 5.74) is 3.59. The number of hydrogen-bond acceptors (Lipinski definition) is 6. The number of hydrogen-bond donors (Lipinski definition) is 1. The molecule has 4 aromatic rings. The van der Waals surface area contributed by atoms with E-state index >= 15 is 0 Å². The van der Waals surface area contributed by atoms with Gasteiger partial charge in [0, 0.05) is 37.3 Å². The van der Waals surface area contributed by atoms with E-state index in [-0.39, 0.29) is 0 Å². The molecular weight excluding hydrogens is 318 g/mol. The van der Waals surface area contributed by atoms with Crippen molar-refractivity contribution in [1.29, 1.82) is 0 Å². The van der Waals surface area contributed by atoms with E-state index in [4.69, 9.17) is 4.74 Å². The lowest BCUT2D eigenvalue weighted by Crippen LogP contribution is -2.40. The second-order valence-electron chi connectivity index (χ2n) is 6.26. The Hall–Kier alpha value is -3.00. The first-order valence-corrected chi connectivity index (χ1v) is 8.24. The second-order valence-corrected chi connectivity index (χ2v) is 6.26. The van der Waals surface area contributed by atoms with E-state index in [9.17, 15) is 0 Å². The molecule has 1 saturated carbocycles. The molecule has 126 valence electrons. The summed E-state index contributed by atoms with van der Waals surface area (Å²) in [5, 5.41) is 12.5. The van der Waals surface area contributed by atoms with E-state index in [1.807, 2.05) is 41.3 Å². The summed E-state index contributed by atoms with van der Waals surface area (Å²) < 4.78 is 8.89. The van der Waals surface area contributed by atoms with Crippen LogP contribution in [0.3, 0.4) is 0 Å². The summed E-state index contributed by atoms with van der Waals surface area (Å²) in [6.07, 6.45) is 9.66. The quantitative estimate of drug-likeness (QED) is 0.614. The summed E-state index contributed by atoms with van der Waals surface area (Å²) >= 11 is 0. The molecule has 0 aromatic carbocycles. The van der Waals surface area contributed by atoms with Gasteiger partial charge in [-0.05, 0) is 31.0 Å². The Morgan fingerprint density at radius 2 is 2.00 bits per heavy atom. The minimum absolute atomic E-state index is 0.351. The fraction of sp³-hybridized carbons (Fsp3) is 0.294. The highest BCUT2D eigenvalue weighted by Gasteiger charge is 2.29. The van der Waals surface area contributed by atoms with Gasteiger partial charge in [0.05, 0.1) is 23.5 Å². The standard InChI is InChI=1S/C17H17N7O/c1-25-12-8-11(9-12)20-17-19-10-15-13(4-6-23(15)22-17)14-2-3-16-18-5-7-24(16)21-14/h2-7,10-12H,8-9H2,1H3,(H,20,22). The first-order valence-electron chi connectivity index (χ1n) is 8.24. The van der Waals surface area contributed by atoms with Crippen LogP contribution in [-0.4, -0.2) is 48.5 Å². The maximum Gasteiger partial charge on any atom is 0.241 e. The van der Waals surface area contributed by atoms with E-state index in [1.54, 1.807) is 17.8 Å². The zero-order chi connectivity index (χ0) is 16.8. The minimum Gasteiger partial charge on any atom is -0.381 e. The first kappa shape index (κ1) is 14.4. The predicted molar refractivity (Wildman–Crippen MR) is 92.4 cm³/mol. The third-order valence-corrected chi connectivity index (χ3v) is 4.71. The van der Waals surface area contributed by atoms with Gasteiger partial charge in [-0.2, -0.15) is 5.10 Å². The van der Waals surface area contributed by atoms with Gasteiger partial charge in [0.2, 0.25) is 5.95 Å². The van der Waals surface area contributed by atoms with E-state index in [1.165, 1.54) is 0 Å². The van der Waals surface area contributed by atoms with E-state index in [2.05, 4.69) is 25.5 Å². The van der Waals surface area contributed by atoms with Crippen molar-refractivity contribution in [2.24, 2.45) is 0 Å². The number of imidazole rings is 1. The predicted octanol–water partition coefficient (Wildman–Crippen LogP) is 2.03. The van der Waals surface area contributed by atoms with Gasteiger partial charge in [-0.1, -0.05) is 0 Å². The first-order chi connectivity index (χ1) is 12.3. The third kappa shape index (κ3) is 2.42. The van der Waals surface area contributed by atoms with Crippen molar-refractivity contribution in [2.75, 3.05) is 12.4 Å². The maximum absolute atomic E-state index is 5.30. The molecule has 0 amide bonds. The molecule has 0 radical (unpaired) electrons. The van der Waals surface area contributed by atoms with Crippen LogP contribution in [0.15, 0.2) is 43.0 Å². The Morgan fingerprint density at radius 1 is 1.08 bits per heavy atom. The van der Waals surface area contributed by atoms with Gasteiger partial charge in [-0.25, -0.2) is 19.0 Å². The van der Waals surface area contributed by atoms with E-state index in [0.717, 1.165) is 35.3 Å². The fourth-order valence-corrected chi connectivity index (χ4v) is 3.20. The van der Waals surface area contributed by atoms with Crippen LogP contribution in [0, 0.1) is 0 Å². The zero-order valence-corrected chi connectivity index (χ0v) is 13.7. The van der Waals surface area contributed by atoms with Crippen LogP contribution in [-0.2, 0) is 4.74 Å². The highest BCUT2D eigenvalue weighted by Crippen LogP contribution is 2.26. The molecular formula is C17H17N7O. The summed E-state index contributed by atoms with van der Waals surface area (Å²) in [6, 6.07) is 6.29. The molecule has 4 aromatic heterocycles. The molecule has 1 aliphatic rings. The Labute approximate surface area is 143 Å². The van der Waals surface area contributed by atoms with Gasteiger partial charge < -0.3 is 10.1 Å². The van der Waals surface area contributed by atoms with Crippen LogP contribution in [0.1, 0.15) is 12.8 Å². The number of rotatable bonds is 4. The molecule has 8 heteroatoms. The maximum atomic E-state index is 5.30. The van der Waals surface area contributed by atoms with Gasteiger partial charge in [0.25, 0.3) is 0 Å². The molecule has 0 unspecified atom stereocenters. The molecule has 0 atom stereocenters. The molecule has 1 aliphatic carbocycles. The van der Waals surface area contributed by atoms with Crippen molar-refractivity contribution < 1.29 is 4.74 Å². The van der Waals surface area contributed by atoms with E-state index < -0.39 is 0 Å². The molecule has 4 heterocycles. The van der Waals surface area contributed by atoms with Crippen LogP contribution >= 0.6 is 0 Å². The number of ether oxygens (including phenoxy) is 1. The topological polar surface area (TPSA) is 81.6 Å². The molecule has 0 saturated heterocycles. The molecule has 5 rings (SSSR count). The molecule has 0 spiro atoms. The van der Waals surface area contributed by atoms with Crippen molar-refractivity contribution in [1.82, 2.24) is 29.2 Å². The highest BCUT2D eigenvalue weighted by atomic mass is 16.5. The lowest BCUT2D eigenvalue weighted by Gasteiger charge is -2.34. The molecule has 0 bridgehead atoms. The smallest absolute Gasteiger partial charge is 0.241 e. The molecule has 25 heavy (non-hydrogen) atoms. The molecule has 0 aliphatic heterocycles. The number of fused-ring (bicyclic) bond motifs is 2. The lowest BCUT2D eigenvalue weighted by molar-refractivity contribution is 0.0326. The van der Waals surface area contributed by atoms with Crippen LogP contribution < -0.4 is 5.32 Å². The Bertz CT molecular complexity index is 1050. The normalized spacial score (nSPS) is 20.0. The fourth-order valence-electron chi connectivity index (χ4n) is 3.20. The molecule has 1 N–H and O–H groups in total. The summed E-state index contributed by atoms with van der Waals surface area (Å²) in [6.45, 7) is 0. The second kappa shape index (κ2) is 5.52. The van der Waals surface area contributed by atoms with E-state index in [0.29, 0.717) is 18.1 Å². The monoisotopic (exact) mass is 335 g/mol. The third-order valence-electron chi connectivity index (χ3n) is 4.71. The van der Waals surface area contributed by atoms with Crippen molar-refractivity contribution in [2.45, 2.75) is 25.0 Å². The zero-order valence-electron chi connectivity index (χ0n) is 13.7. The highest BCUT2D eigenvalue weighted by molar-refractivity contribution is 5.78. The number of methoxy groups -OCH3 is 1. The molecule has 8 nitrogen and oxygen atoms in total. The van der Waals surface area contributed by atoms with Gasteiger partial charge in [-0.3, -0.25) is 0 Å². The minimum atomic E-state index is 0.351. The van der Waals surface area contributed by atoms with Gasteiger partial charge in [0.15, 0.2) is 5.65 Å². The average molecular weight is 335 g/mol. The lowest BCUT2D eigenvalue weighted by atomic mass is 9.89. The van der Waals surface area contributed by atoms with Crippen LogP contribution in [0.4, 0.5) is 5.95 Å². The largest absolute Gasteiger partial charge is 0.381 e. The van der Waals surface area contributed by atoms with Gasteiger partial charge >= 0.3 is 0 Å². The number of anilines is 1.